The lowest BCUT2D eigenvalue weighted by Gasteiger charge is -1.92. The highest BCUT2D eigenvalue weighted by Crippen LogP contribution is 1.98. The first-order valence-electron chi connectivity index (χ1n) is 3.52. The topological polar surface area (TPSA) is 0 Å². The first kappa shape index (κ1) is 7.14. The molecule has 1 aromatic carbocycles. The number of hydrogen-bond donors (Lipinski definition) is 0. The Bertz CT molecular complexity index is 221. The monoisotopic (exact) mass is 130 g/mol. The Labute approximate surface area is 63.0 Å². The minimum atomic E-state index is 1.27. The van der Waals surface area contributed by atoms with Crippen molar-refractivity contribution in [3.8, 4) is 0 Å². The molecule has 50 valence electrons. The van der Waals surface area contributed by atoms with Crippen molar-refractivity contribution in [1.29, 1.82) is 0 Å². The Balaban J connectivity index is 2.89. The van der Waals surface area contributed by atoms with Crippen molar-refractivity contribution in [1.82, 2.24) is 0 Å². The Morgan fingerprint density at radius 2 is 1.80 bits per heavy atom. The van der Waals surface area contributed by atoms with Crippen molar-refractivity contribution in [2.75, 3.05) is 0 Å². The van der Waals surface area contributed by atoms with E-state index in [1.165, 1.54) is 11.0 Å². The van der Waals surface area contributed by atoms with Gasteiger partial charge in [-0.3, -0.25) is 0 Å². The smallest absolute Gasteiger partial charge is 0.0889 e. The van der Waals surface area contributed by atoms with E-state index < -0.39 is 0 Å². The van der Waals surface area contributed by atoms with Gasteiger partial charge in [0, 0.05) is 0 Å². The van der Waals surface area contributed by atoms with Crippen LogP contribution in [-0.4, -0.2) is 7.85 Å². The predicted molar refractivity (Wildman–Crippen MR) is 49.3 cm³/mol. The van der Waals surface area contributed by atoms with Gasteiger partial charge in [0.25, 0.3) is 0 Å². The van der Waals surface area contributed by atoms with Gasteiger partial charge in [-0.25, -0.2) is 0 Å². The minimum absolute atomic E-state index is 1.27. The zero-order valence-electron chi connectivity index (χ0n) is 6.46. The maximum Gasteiger partial charge on any atom is 0.139 e. The number of rotatable bonds is 1. The largest absolute Gasteiger partial charge is 0.139 e. The van der Waals surface area contributed by atoms with Crippen molar-refractivity contribution in [3.63, 3.8) is 0 Å². The van der Waals surface area contributed by atoms with Gasteiger partial charge in [0.15, 0.2) is 0 Å². The molecule has 0 N–H and O–H groups in total. The van der Waals surface area contributed by atoms with Crippen LogP contribution in [0.4, 0.5) is 0 Å². The summed E-state index contributed by atoms with van der Waals surface area (Å²) in [5.41, 5.74) is 2.58. The summed E-state index contributed by atoms with van der Waals surface area (Å²) in [6.45, 7) is 2.03. The highest BCUT2D eigenvalue weighted by Gasteiger charge is 1.83. The van der Waals surface area contributed by atoms with Crippen LogP contribution in [0.3, 0.4) is 0 Å². The van der Waals surface area contributed by atoms with E-state index in [4.69, 9.17) is 0 Å². The van der Waals surface area contributed by atoms with Crippen molar-refractivity contribution < 1.29 is 0 Å². The second-order valence-corrected chi connectivity index (χ2v) is 2.41. The molecule has 0 radical (unpaired) electrons. The summed E-state index contributed by atoms with van der Waals surface area (Å²) in [6, 6.07) is 8.48. The van der Waals surface area contributed by atoms with Crippen LogP contribution in [0.5, 0.6) is 0 Å². The lowest BCUT2D eigenvalue weighted by Crippen LogP contribution is -1.98. The normalized spacial score (nSPS) is 10.5. The Morgan fingerprint density at radius 1 is 1.20 bits per heavy atom. The lowest BCUT2D eigenvalue weighted by atomic mass is 9.95. The molecule has 0 aliphatic heterocycles. The van der Waals surface area contributed by atoms with Crippen molar-refractivity contribution in [2.24, 2.45) is 0 Å². The molecule has 0 aliphatic carbocycles. The summed E-state index contributed by atoms with van der Waals surface area (Å²) >= 11 is 0. The van der Waals surface area contributed by atoms with Gasteiger partial charge in [-0.1, -0.05) is 41.9 Å². The van der Waals surface area contributed by atoms with Crippen LogP contribution in [0.25, 0.3) is 6.08 Å². The zero-order chi connectivity index (χ0) is 7.40. The molecule has 0 atom stereocenters. The van der Waals surface area contributed by atoms with Crippen molar-refractivity contribution in [2.45, 2.75) is 6.92 Å². The molecular formula is C9H11B. The molecule has 0 saturated carbocycles. The van der Waals surface area contributed by atoms with Crippen LogP contribution in [0.15, 0.2) is 30.3 Å². The van der Waals surface area contributed by atoms with Crippen molar-refractivity contribution >= 4 is 19.4 Å². The van der Waals surface area contributed by atoms with E-state index >= 15 is 0 Å². The molecule has 0 nitrogen and oxygen atoms in total. The number of hydrogen-bond acceptors (Lipinski definition) is 0. The molecular weight excluding hydrogens is 119 g/mol. The van der Waals surface area contributed by atoms with Gasteiger partial charge in [-0.05, 0) is 12.5 Å². The maximum atomic E-state index is 2.12. The summed E-state index contributed by atoms with van der Waals surface area (Å²) in [4.78, 5) is 0. The van der Waals surface area contributed by atoms with Crippen LogP contribution in [-0.2, 0) is 0 Å². The third-order valence-corrected chi connectivity index (χ3v) is 1.44. The van der Waals surface area contributed by atoms with Gasteiger partial charge in [-0.2, -0.15) is 0 Å². The highest BCUT2D eigenvalue weighted by atomic mass is 13.9. The minimum Gasteiger partial charge on any atom is -0.0889 e. The fourth-order valence-electron chi connectivity index (χ4n) is 0.870. The van der Waals surface area contributed by atoms with E-state index in [2.05, 4.69) is 38.2 Å². The first-order valence-corrected chi connectivity index (χ1v) is 3.52. The molecule has 0 amide bonds. The number of benzene rings is 1. The van der Waals surface area contributed by atoms with E-state index in [1.807, 2.05) is 13.0 Å². The van der Waals surface area contributed by atoms with Gasteiger partial charge >= 0.3 is 0 Å². The van der Waals surface area contributed by atoms with Gasteiger partial charge < -0.3 is 0 Å². The zero-order valence-corrected chi connectivity index (χ0v) is 6.46. The van der Waals surface area contributed by atoms with Crippen LogP contribution in [0.2, 0.25) is 0 Å². The Morgan fingerprint density at radius 3 is 2.30 bits per heavy atom. The summed E-state index contributed by atoms with van der Waals surface area (Å²) in [7, 11) is 2.10. The maximum absolute atomic E-state index is 2.12. The molecule has 0 bridgehead atoms. The van der Waals surface area contributed by atoms with Crippen LogP contribution in [0, 0.1) is 0 Å². The summed E-state index contributed by atoms with van der Waals surface area (Å²) in [6.07, 6.45) is 4.14. The highest BCUT2D eigenvalue weighted by molar-refractivity contribution is 6.32. The second-order valence-electron chi connectivity index (χ2n) is 2.41. The molecule has 0 spiro atoms. The first-order chi connectivity index (χ1) is 4.83. The molecule has 1 rings (SSSR count). The molecule has 1 aromatic rings. The molecule has 0 unspecified atom stereocenters. The van der Waals surface area contributed by atoms with E-state index in [-0.39, 0.29) is 0 Å². The van der Waals surface area contributed by atoms with Gasteiger partial charge in [-0.15, -0.1) is 0 Å². The number of allylic oxidation sites excluding steroid dienone is 1. The van der Waals surface area contributed by atoms with E-state index in [0.717, 1.165) is 0 Å². The average molecular weight is 130 g/mol. The third kappa shape index (κ3) is 1.76. The van der Waals surface area contributed by atoms with Crippen LogP contribution in [0.1, 0.15) is 12.5 Å². The fraction of sp³-hybridized carbons (Fsp3) is 0.111. The van der Waals surface area contributed by atoms with Crippen LogP contribution < -0.4 is 5.46 Å². The standard InChI is InChI=1S/C9H11B/c1-2-3-8-4-6-9(10)7-5-8/h2-7H,10H2,1H3/b3-2+. The second kappa shape index (κ2) is 3.26. The average Bonchev–Trinajstić information content (AvgIpc) is 1.95. The van der Waals surface area contributed by atoms with Gasteiger partial charge in [0.1, 0.15) is 7.85 Å². The Kier molecular flexibility index (Phi) is 2.32. The third-order valence-electron chi connectivity index (χ3n) is 1.44. The molecule has 0 aromatic heterocycles. The van der Waals surface area contributed by atoms with Crippen molar-refractivity contribution in [3.05, 3.63) is 35.9 Å². The van der Waals surface area contributed by atoms with Crippen LogP contribution >= 0.6 is 0 Å². The van der Waals surface area contributed by atoms with Gasteiger partial charge in [0.2, 0.25) is 0 Å². The molecule has 1 heteroatoms. The quantitative estimate of drug-likeness (QED) is 0.497. The van der Waals surface area contributed by atoms with Gasteiger partial charge in [0.05, 0.1) is 0 Å². The SMILES string of the molecule is Bc1ccc(/C=C/C)cc1. The van der Waals surface area contributed by atoms with E-state index in [0.29, 0.717) is 0 Å². The lowest BCUT2D eigenvalue weighted by molar-refractivity contribution is 1.68. The predicted octanol–water partition coefficient (Wildman–Crippen LogP) is 0.978. The molecule has 10 heavy (non-hydrogen) atoms. The summed E-state index contributed by atoms with van der Waals surface area (Å²) in [5.74, 6) is 0. The fourth-order valence-corrected chi connectivity index (χ4v) is 0.870. The molecule has 0 fully saturated rings. The Hall–Kier alpha value is -0.975. The molecule has 0 aliphatic rings. The molecule has 0 heterocycles. The summed E-state index contributed by atoms with van der Waals surface area (Å²) < 4.78 is 0. The van der Waals surface area contributed by atoms with E-state index in [1.54, 1.807) is 0 Å². The molecule has 0 saturated heterocycles. The summed E-state index contributed by atoms with van der Waals surface area (Å²) in [5, 5.41) is 0. The van der Waals surface area contributed by atoms with E-state index in [9.17, 15) is 0 Å².